The van der Waals surface area contributed by atoms with Crippen molar-refractivity contribution in [1.82, 2.24) is 4.98 Å². The quantitative estimate of drug-likeness (QED) is 0.0616. The zero-order chi connectivity index (χ0) is 24.3. The largest absolute Gasteiger partial charge is 0.460 e. The second-order valence-corrected chi connectivity index (χ2v) is 9.93. The minimum atomic E-state index is -0.563. The van der Waals surface area contributed by atoms with E-state index in [1.807, 2.05) is 6.07 Å². The number of esters is 1. The first kappa shape index (κ1) is 28.2. The van der Waals surface area contributed by atoms with Crippen molar-refractivity contribution in [3.63, 3.8) is 0 Å². The lowest BCUT2D eigenvalue weighted by Crippen LogP contribution is -2.11. The molecule has 188 valence electrons. The molecule has 0 bridgehead atoms. The van der Waals surface area contributed by atoms with Gasteiger partial charge < -0.3 is 9.15 Å². The lowest BCUT2D eigenvalue weighted by molar-refractivity contribution is -0.143. The summed E-state index contributed by atoms with van der Waals surface area (Å²) in [5.41, 5.74) is 0.785. The Hall–Kier alpha value is -2.08. The molecule has 0 atom stereocenters. The Balaban J connectivity index is 1.46. The molecule has 0 aliphatic rings. The van der Waals surface area contributed by atoms with Gasteiger partial charge in [0.2, 0.25) is 5.78 Å². The van der Waals surface area contributed by atoms with Crippen molar-refractivity contribution in [1.29, 1.82) is 0 Å². The Morgan fingerprint density at radius 2 is 1.53 bits per heavy atom. The van der Waals surface area contributed by atoms with Crippen LogP contribution in [-0.2, 0) is 16.1 Å². The third kappa shape index (κ3) is 13.0. The van der Waals surface area contributed by atoms with Crippen LogP contribution >= 0.6 is 11.8 Å². The third-order valence-electron chi connectivity index (χ3n) is 5.78. The van der Waals surface area contributed by atoms with E-state index in [2.05, 4.69) is 11.9 Å². The number of ether oxygens (including phenoxy) is 1. The first-order valence-corrected chi connectivity index (χ1v) is 14.0. The Morgan fingerprint density at radius 1 is 0.882 bits per heavy atom. The predicted octanol–water partition coefficient (Wildman–Crippen LogP) is 8.17. The van der Waals surface area contributed by atoms with Crippen molar-refractivity contribution in [3.8, 4) is 0 Å². The topological polar surface area (TPSA) is 69.4 Å². The van der Waals surface area contributed by atoms with E-state index in [4.69, 9.17) is 9.15 Å². The van der Waals surface area contributed by atoms with Gasteiger partial charge in [-0.3, -0.25) is 14.6 Å². The van der Waals surface area contributed by atoms with Crippen LogP contribution in [-0.4, -0.2) is 22.5 Å². The van der Waals surface area contributed by atoms with Crippen molar-refractivity contribution in [2.45, 2.75) is 109 Å². The van der Waals surface area contributed by atoms with Gasteiger partial charge in [0.25, 0.3) is 0 Å². The van der Waals surface area contributed by atoms with Crippen LogP contribution in [0.25, 0.3) is 0 Å². The molecule has 6 heteroatoms. The summed E-state index contributed by atoms with van der Waals surface area (Å²) in [6, 6.07) is 7.04. The number of nitrogens with zero attached hydrogens (tertiary/aromatic N) is 1. The third-order valence-corrected chi connectivity index (χ3v) is 6.77. The van der Waals surface area contributed by atoms with Crippen LogP contribution in [0.2, 0.25) is 0 Å². The van der Waals surface area contributed by atoms with Crippen LogP contribution in [0.3, 0.4) is 0 Å². The van der Waals surface area contributed by atoms with Crippen LogP contribution in [0.4, 0.5) is 0 Å². The van der Waals surface area contributed by atoms with E-state index in [0.717, 1.165) is 22.8 Å². The number of hydrogen-bond acceptors (Lipinski definition) is 6. The van der Waals surface area contributed by atoms with E-state index in [1.165, 1.54) is 77.0 Å². The van der Waals surface area contributed by atoms with Crippen LogP contribution in [0.5, 0.6) is 0 Å². The highest BCUT2D eigenvalue weighted by Crippen LogP contribution is 2.23. The van der Waals surface area contributed by atoms with Gasteiger partial charge in [-0.25, -0.2) is 0 Å². The summed E-state index contributed by atoms with van der Waals surface area (Å²) in [6.07, 6.45) is 20.4. The number of unbranched alkanes of at least 4 members (excludes halogenated alkanes) is 12. The Kier molecular flexibility index (Phi) is 15.1. The molecule has 2 aromatic heterocycles. The highest BCUT2D eigenvalue weighted by Gasteiger charge is 2.17. The number of hydrogen-bond donors (Lipinski definition) is 0. The first-order valence-electron chi connectivity index (χ1n) is 13.0. The highest BCUT2D eigenvalue weighted by molar-refractivity contribution is 7.99. The number of furan rings is 1. The van der Waals surface area contributed by atoms with Gasteiger partial charge in [0, 0.05) is 23.7 Å². The lowest BCUT2D eigenvalue weighted by atomic mass is 10.1. The standard InChI is InChI=1S/C28H41NO4S/c1-2-3-4-5-6-7-8-9-10-11-12-13-14-20-34-28-18-17-26(33-28)25(30)21-27(31)32-23-24-16-15-19-29-22-24/h15-19,22H,2-14,20-21,23H2,1H3. The maximum absolute atomic E-state index is 12.3. The normalized spacial score (nSPS) is 11.0. The Bertz CT molecular complexity index is 806. The van der Waals surface area contributed by atoms with E-state index >= 15 is 0 Å². The second kappa shape index (κ2) is 18.3. The Morgan fingerprint density at radius 3 is 2.15 bits per heavy atom. The molecule has 0 fully saturated rings. The summed E-state index contributed by atoms with van der Waals surface area (Å²) in [4.78, 5) is 28.1. The number of thioether (sulfide) groups is 1. The summed E-state index contributed by atoms with van der Waals surface area (Å²) in [6.45, 7) is 2.38. The van der Waals surface area contributed by atoms with E-state index in [0.29, 0.717) is 0 Å². The minimum Gasteiger partial charge on any atom is -0.460 e. The maximum atomic E-state index is 12.3. The number of ketones is 1. The molecule has 0 aromatic carbocycles. The molecule has 0 amide bonds. The predicted molar refractivity (Wildman–Crippen MR) is 138 cm³/mol. The average Bonchev–Trinajstić information content (AvgIpc) is 3.33. The SMILES string of the molecule is CCCCCCCCCCCCCCCSc1ccc(C(=O)CC(=O)OCc2cccnc2)o1. The smallest absolute Gasteiger partial charge is 0.314 e. The van der Waals surface area contributed by atoms with Crippen molar-refractivity contribution < 1.29 is 18.7 Å². The summed E-state index contributed by atoms with van der Waals surface area (Å²) >= 11 is 1.63. The molecule has 5 nitrogen and oxygen atoms in total. The van der Waals surface area contributed by atoms with Gasteiger partial charge in [0.1, 0.15) is 13.0 Å². The first-order chi connectivity index (χ1) is 16.7. The van der Waals surface area contributed by atoms with E-state index in [9.17, 15) is 9.59 Å². The van der Waals surface area contributed by atoms with Crippen LogP contribution in [0, 0.1) is 0 Å². The minimum absolute atomic E-state index is 0.109. The van der Waals surface area contributed by atoms with E-state index in [1.54, 1.807) is 42.4 Å². The molecule has 34 heavy (non-hydrogen) atoms. The highest BCUT2D eigenvalue weighted by atomic mass is 32.2. The number of Topliss-reactive ketones (excluding diaryl/α,β-unsaturated/α-hetero) is 1. The van der Waals surface area contributed by atoms with E-state index < -0.39 is 5.97 Å². The number of rotatable bonds is 20. The Labute approximate surface area is 209 Å². The van der Waals surface area contributed by atoms with Crippen LogP contribution in [0.1, 0.15) is 113 Å². The molecule has 0 saturated carbocycles. The van der Waals surface area contributed by atoms with Crippen LogP contribution < -0.4 is 0 Å². The molecule has 0 N–H and O–H groups in total. The molecule has 0 spiro atoms. The summed E-state index contributed by atoms with van der Waals surface area (Å²) < 4.78 is 10.8. The van der Waals surface area contributed by atoms with Crippen molar-refractivity contribution in [3.05, 3.63) is 48.0 Å². The summed E-state index contributed by atoms with van der Waals surface area (Å²) in [5, 5.41) is 0.728. The van der Waals surface area contributed by atoms with Gasteiger partial charge in [-0.2, -0.15) is 0 Å². The molecule has 0 radical (unpaired) electrons. The fourth-order valence-electron chi connectivity index (χ4n) is 3.76. The molecular formula is C28H41NO4S. The number of carbonyl (C=O) groups is 2. The summed E-state index contributed by atoms with van der Waals surface area (Å²) in [7, 11) is 0. The van der Waals surface area contributed by atoms with Gasteiger partial charge in [-0.1, -0.05) is 102 Å². The molecule has 2 rings (SSSR count). The number of pyridine rings is 1. The van der Waals surface area contributed by atoms with Gasteiger partial charge in [0.05, 0.1) is 0 Å². The fourth-order valence-corrected chi connectivity index (χ4v) is 4.62. The summed E-state index contributed by atoms with van der Waals surface area (Å²) in [5.74, 6) is 0.271. The van der Waals surface area contributed by atoms with Gasteiger partial charge in [0.15, 0.2) is 10.9 Å². The van der Waals surface area contributed by atoms with Gasteiger partial charge in [-0.15, -0.1) is 0 Å². The molecule has 0 saturated heterocycles. The van der Waals surface area contributed by atoms with Crippen molar-refractivity contribution >= 4 is 23.5 Å². The molecule has 0 aliphatic carbocycles. The molecule has 0 aliphatic heterocycles. The monoisotopic (exact) mass is 487 g/mol. The van der Waals surface area contributed by atoms with Crippen LogP contribution in [0.15, 0.2) is 46.2 Å². The van der Waals surface area contributed by atoms with Crippen molar-refractivity contribution in [2.24, 2.45) is 0 Å². The maximum Gasteiger partial charge on any atom is 0.314 e. The number of aromatic nitrogens is 1. The van der Waals surface area contributed by atoms with E-state index in [-0.39, 0.29) is 24.6 Å². The average molecular weight is 488 g/mol. The fraction of sp³-hybridized carbons (Fsp3) is 0.607. The molecule has 2 heterocycles. The zero-order valence-electron chi connectivity index (χ0n) is 20.8. The van der Waals surface area contributed by atoms with Gasteiger partial charge >= 0.3 is 5.97 Å². The van der Waals surface area contributed by atoms with Crippen molar-refractivity contribution in [2.75, 3.05) is 5.75 Å². The molecule has 0 unspecified atom stereocenters. The second-order valence-electron chi connectivity index (χ2n) is 8.83. The van der Waals surface area contributed by atoms with Gasteiger partial charge in [-0.05, 0) is 24.6 Å². The zero-order valence-corrected chi connectivity index (χ0v) is 21.6. The molecule has 2 aromatic rings. The lowest BCUT2D eigenvalue weighted by Gasteiger charge is -2.03. The number of carbonyl (C=O) groups excluding carboxylic acids is 2. The molecular weight excluding hydrogens is 446 g/mol.